The fraction of sp³-hybridized carbons (Fsp3) is 0.917. The van der Waals surface area contributed by atoms with Crippen molar-refractivity contribution >= 4 is 18.3 Å². The van der Waals surface area contributed by atoms with Crippen molar-refractivity contribution in [1.29, 1.82) is 0 Å². The molecule has 0 radical (unpaired) electrons. The van der Waals surface area contributed by atoms with E-state index in [0.717, 1.165) is 38.8 Å². The lowest BCUT2D eigenvalue weighted by Crippen LogP contribution is -2.44. The second kappa shape index (κ2) is 6.66. The van der Waals surface area contributed by atoms with Gasteiger partial charge in [-0.3, -0.25) is 10.1 Å². The van der Waals surface area contributed by atoms with E-state index in [1.807, 2.05) is 0 Å². The number of nitrogens with zero attached hydrogens (tertiary/aromatic N) is 1. The van der Waals surface area contributed by atoms with Gasteiger partial charge in [0.05, 0.1) is 12.6 Å². The SMILES string of the molecule is Cl.O=C(C1CC(F)(F)CN1)N1CCCCCCC1. The predicted octanol–water partition coefficient (Wildman–Crippen LogP) is 2.20. The molecule has 0 bridgehead atoms. The molecule has 2 heterocycles. The third-order valence-corrected chi connectivity index (χ3v) is 3.58. The van der Waals surface area contributed by atoms with Gasteiger partial charge in [-0.15, -0.1) is 12.4 Å². The Bertz CT molecular complexity index is 281. The molecule has 3 nitrogen and oxygen atoms in total. The van der Waals surface area contributed by atoms with Crippen LogP contribution in [0.3, 0.4) is 0 Å². The zero-order valence-electron chi connectivity index (χ0n) is 10.5. The second-order valence-corrected chi connectivity index (χ2v) is 5.09. The minimum atomic E-state index is -2.72. The zero-order chi connectivity index (χ0) is 12.3. The van der Waals surface area contributed by atoms with Crippen LogP contribution in [-0.2, 0) is 4.79 Å². The molecule has 6 heteroatoms. The number of amides is 1. The molecule has 0 aromatic heterocycles. The molecule has 0 aromatic rings. The smallest absolute Gasteiger partial charge is 0.262 e. The summed E-state index contributed by atoms with van der Waals surface area (Å²) >= 11 is 0. The minimum Gasteiger partial charge on any atom is -0.341 e. The van der Waals surface area contributed by atoms with Crippen LogP contribution >= 0.6 is 12.4 Å². The van der Waals surface area contributed by atoms with Gasteiger partial charge in [-0.05, 0) is 12.8 Å². The van der Waals surface area contributed by atoms with Gasteiger partial charge in [0.1, 0.15) is 0 Å². The van der Waals surface area contributed by atoms with Crippen LogP contribution in [-0.4, -0.2) is 42.4 Å². The van der Waals surface area contributed by atoms with Gasteiger partial charge in [0, 0.05) is 19.5 Å². The van der Waals surface area contributed by atoms with Crippen LogP contribution < -0.4 is 5.32 Å². The largest absolute Gasteiger partial charge is 0.341 e. The van der Waals surface area contributed by atoms with E-state index in [1.165, 1.54) is 6.42 Å². The Hall–Kier alpha value is -0.420. The highest BCUT2D eigenvalue weighted by Gasteiger charge is 2.43. The average Bonchev–Trinajstić information content (AvgIpc) is 2.57. The monoisotopic (exact) mass is 282 g/mol. The van der Waals surface area contributed by atoms with Crippen molar-refractivity contribution in [2.45, 2.75) is 50.5 Å². The first-order valence-corrected chi connectivity index (χ1v) is 6.48. The summed E-state index contributed by atoms with van der Waals surface area (Å²) in [7, 11) is 0. The van der Waals surface area contributed by atoms with Crippen molar-refractivity contribution in [1.82, 2.24) is 10.2 Å². The molecule has 2 fully saturated rings. The third-order valence-electron chi connectivity index (χ3n) is 3.58. The summed E-state index contributed by atoms with van der Waals surface area (Å²) in [6, 6.07) is -0.676. The van der Waals surface area contributed by atoms with Crippen LogP contribution in [0.5, 0.6) is 0 Å². The van der Waals surface area contributed by atoms with E-state index in [0.29, 0.717) is 0 Å². The van der Waals surface area contributed by atoms with Crippen molar-refractivity contribution in [3.05, 3.63) is 0 Å². The number of hydrogen-bond acceptors (Lipinski definition) is 2. The van der Waals surface area contributed by atoms with E-state index in [9.17, 15) is 13.6 Å². The summed E-state index contributed by atoms with van der Waals surface area (Å²) in [6.45, 7) is 1.09. The Kier molecular flexibility index (Phi) is 5.79. The summed E-state index contributed by atoms with van der Waals surface area (Å²) in [4.78, 5) is 13.8. The molecule has 2 saturated heterocycles. The molecule has 0 spiro atoms. The summed E-state index contributed by atoms with van der Waals surface area (Å²) in [5.74, 6) is -2.85. The standard InChI is InChI=1S/C12H20F2N2O.ClH/c13-12(14)8-10(15-9-12)11(17)16-6-4-2-1-3-5-7-16;/h10,15H,1-9H2;1H. The lowest BCUT2D eigenvalue weighted by molar-refractivity contribution is -0.134. The summed E-state index contributed by atoms with van der Waals surface area (Å²) in [6.07, 6.45) is 5.14. The molecule has 1 unspecified atom stereocenters. The van der Waals surface area contributed by atoms with Gasteiger partial charge < -0.3 is 4.90 Å². The Labute approximate surface area is 113 Å². The maximum atomic E-state index is 13.0. The van der Waals surface area contributed by atoms with Crippen LogP contribution in [0, 0.1) is 0 Å². The molecule has 2 aliphatic rings. The molecule has 0 saturated carbocycles. The van der Waals surface area contributed by atoms with Gasteiger partial charge in [0.25, 0.3) is 5.92 Å². The molecule has 106 valence electrons. The highest BCUT2D eigenvalue weighted by atomic mass is 35.5. The van der Waals surface area contributed by atoms with Crippen molar-refractivity contribution in [2.24, 2.45) is 0 Å². The predicted molar refractivity (Wildman–Crippen MR) is 68.3 cm³/mol. The Morgan fingerprint density at radius 3 is 2.17 bits per heavy atom. The molecule has 1 atom stereocenters. The summed E-state index contributed by atoms with van der Waals surface area (Å²) < 4.78 is 26.1. The molecule has 18 heavy (non-hydrogen) atoms. The molecule has 2 rings (SSSR count). The molecule has 0 aromatic carbocycles. The number of likely N-dealkylation sites (tertiary alicyclic amines) is 1. The van der Waals surface area contributed by atoms with Crippen molar-refractivity contribution in [3.8, 4) is 0 Å². The van der Waals surface area contributed by atoms with Crippen molar-refractivity contribution in [2.75, 3.05) is 19.6 Å². The number of halogens is 3. The van der Waals surface area contributed by atoms with Gasteiger partial charge >= 0.3 is 0 Å². The lowest BCUT2D eigenvalue weighted by Gasteiger charge is -2.27. The molecule has 0 aliphatic carbocycles. The quantitative estimate of drug-likeness (QED) is 0.800. The topological polar surface area (TPSA) is 32.3 Å². The van der Waals surface area contributed by atoms with Crippen LogP contribution in [0.4, 0.5) is 8.78 Å². The van der Waals surface area contributed by atoms with E-state index in [4.69, 9.17) is 0 Å². The van der Waals surface area contributed by atoms with E-state index < -0.39 is 12.0 Å². The minimum absolute atomic E-state index is 0. The summed E-state index contributed by atoms with van der Waals surface area (Å²) in [5.41, 5.74) is 0. The van der Waals surface area contributed by atoms with Crippen LogP contribution in [0.15, 0.2) is 0 Å². The first kappa shape index (κ1) is 15.6. The molecule has 2 aliphatic heterocycles. The Morgan fingerprint density at radius 1 is 1.11 bits per heavy atom. The number of hydrogen-bond donors (Lipinski definition) is 1. The van der Waals surface area contributed by atoms with E-state index in [-0.39, 0.29) is 31.3 Å². The van der Waals surface area contributed by atoms with Crippen LogP contribution in [0.25, 0.3) is 0 Å². The lowest BCUT2D eigenvalue weighted by atomic mass is 10.1. The Morgan fingerprint density at radius 2 is 1.67 bits per heavy atom. The normalized spacial score (nSPS) is 28.1. The molecular formula is C12H21ClF2N2O. The van der Waals surface area contributed by atoms with Crippen LogP contribution in [0.1, 0.15) is 38.5 Å². The number of nitrogens with one attached hydrogen (secondary N) is 1. The van der Waals surface area contributed by atoms with Gasteiger partial charge in [-0.25, -0.2) is 8.78 Å². The highest BCUT2D eigenvalue weighted by molar-refractivity contribution is 5.85. The van der Waals surface area contributed by atoms with Gasteiger partial charge in [-0.2, -0.15) is 0 Å². The average molecular weight is 283 g/mol. The van der Waals surface area contributed by atoms with E-state index >= 15 is 0 Å². The highest BCUT2D eigenvalue weighted by Crippen LogP contribution is 2.26. The molecule has 1 amide bonds. The van der Waals surface area contributed by atoms with Gasteiger partial charge in [0.15, 0.2) is 0 Å². The Balaban J connectivity index is 0.00000162. The second-order valence-electron chi connectivity index (χ2n) is 5.09. The number of carbonyl (C=O) groups excluding carboxylic acids is 1. The molecular weight excluding hydrogens is 262 g/mol. The first-order chi connectivity index (χ1) is 8.08. The first-order valence-electron chi connectivity index (χ1n) is 6.48. The van der Waals surface area contributed by atoms with Gasteiger partial charge in [-0.1, -0.05) is 19.3 Å². The van der Waals surface area contributed by atoms with Crippen molar-refractivity contribution in [3.63, 3.8) is 0 Å². The van der Waals surface area contributed by atoms with Crippen molar-refractivity contribution < 1.29 is 13.6 Å². The number of carbonyl (C=O) groups is 1. The summed E-state index contributed by atoms with van der Waals surface area (Å²) in [5, 5.41) is 2.64. The van der Waals surface area contributed by atoms with Gasteiger partial charge in [0.2, 0.25) is 5.91 Å². The number of alkyl halides is 2. The maximum Gasteiger partial charge on any atom is 0.262 e. The third kappa shape index (κ3) is 4.05. The molecule has 1 N–H and O–H groups in total. The number of rotatable bonds is 1. The maximum absolute atomic E-state index is 13.0. The van der Waals surface area contributed by atoms with E-state index in [2.05, 4.69) is 5.32 Å². The van der Waals surface area contributed by atoms with Crippen LogP contribution in [0.2, 0.25) is 0 Å². The zero-order valence-corrected chi connectivity index (χ0v) is 11.3. The van der Waals surface area contributed by atoms with E-state index in [1.54, 1.807) is 4.90 Å². The fourth-order valence-electron chi connectivity index (χ4n) is 2.58. The fourth-order valence-corrected chi connectivity index (χ4v) is 2.58.